The maximum Gasteiger partial charge on any atom is 0.261 e. The van der Waals surface area contributed by atoms with Crippen molar-refractivity contribution in [3.8, 4) is 6.07 Å². The SMILES string of the molecule is Cc1cccc(C)c1NS(=O)(=O)c1cccc(C#N)c1. The summed E-state index contributed by atoms with van der Waals surface area (Å²) < 4.78 is 27.3. The van der Waals surface area contributed by atoms with Crippen LogP contribution in [0, 0.1) is 25.2 Å². The van der Waals surface area contributed by atoms with Crippen molar-refractivity contribution in [3.05, 3.63) is 59.2 Å². The third-order valence-corrected chi connectivity index (χ3v) is 4.34. The van der Waals surface area contributed by atoms with Crippen LogP contribution in [0.25, 0.3) is 0 Å². The van der Waals surface area contributed by atoms with Gasteiger partial charge in [0.05, 0.1) is 22.2 Å². The van der Waals surface area contributed by atoms with E-state index in [9.17, 15) is 8.42 Å². The number of hydrogen-bond donors (Lipinski definition) is 1. The van der Waals surface area contributed by atoms with Crippen molar-refractivity contribution in [1.82, 2.24) is 0 Å². The Kier molecular flexibility index (Phi) is 3.77. The lowest BCUT2D eigenvalue weighted by atomic mass is 10.1. The monoisotopic (exact) mass is 286 g/mol. The zero-order valence-electron chi connectivity index (χ0n) is 11.2. The first kappa shape index (κ1) is 14.1. The highest BCUT2D eigenvalue weighted by atomic mass is 32.2. The van der Waals surface area contributed by atoms with Crippen LogP contribution in [0.4, 0.5) is 5.69 Å². The quantitative estimate of drug-likeness (QED) is 0.943. The second kappa shape index (κ2) is 5.35. The fourth-order valence-corrected chi connectivity index (χ4v) is 3.15. The number of sulfonamides is 1. The summed E-state index contributed by atoms with van der Waals surface area (Å²) in [7, 11) is -3.69. The summed E-state index contributed by atoms with van der Waals surface area (Å²) in [6.07, 6.45) is 0. The van der Waals surface area contributed by atoms with Gasteiger partial charge in [-0.2, -0.15) is 5.26 Å². The van der Waals surface area contributed by atoms with Crippen molar-refractivity contribution in [3.63, 3.8) is 0 Å². The summed E-state index contributed by atoms with van der Waals surface area (Å²) in [5, 5.41) is 8.84. The first-order chi connectivity index (χ1) is 9.44. The smallest absolute Gasteiger partial charge is 0.261 e. The molecule has 0 saturated heterocycles. The molecule has 0 heterocycles. The van der Waals surface area contributed by atoms with Crippen LogP contribution in [0.3, 0.4) is 0 Å². The van der Waals surface area contributed by atoms with Crippen molar-refractivity contribution in [2.45, 2.75) is 18.7 Å². The van der Waals surface area contributed by atoms with E-state index < -0.39 is 10.0 Å². The maximum absolute atomic E-state index is 12.4. The van der Waals surface area contributed by atoms with Gasteiger partial charge in [0.25, 0.3) is 10.0 Å². The van der Waals surface area contributed by atoms with E-state index in [0.29, 0.717) is 11.3 Å². The largest absolute Gasteiger partial charge is 0.279 e. The van der Waals surface area contributed by atoms with Crippen LogP contribution in [0.1, 0.15) is 16.7 Å². The van der Waals surface area contributed by atoms with Crippen molar-refractivity contribution in [2.24, 2.45) is 0 Å². The number of nitrogens with one attached hydrogen (secondary N) is 1. The van der Waals surface area contributed by atoms with Crippen molar-refractivity contribution < 1.29 is 8.42 Å². The number of hydrogen-bond acceptors (Lipinski definition) is 3. The first-order valence-corrected chi connectivity index (χ1v) is 7.51. The van der Waals surface area contributed by atoms with Gasteiger partial charge in [-0.05, 0) is 43.2 Å². The van der Waals surface area contributed by atoms with Crippen molar-refractivity contribution >= 4 is 15.7 Å². The number of nitriles is 1. The van der Waals surface area contributed by atoms with Gasteiger partial charge in [0.15, 0.2) is 0 Å². The molecule has 0 unspecified atom stereocenters. The molecule has 5 heteroatoms. The third-order valence-electron chi connectivity index (χ3n) is 2.99. The number of para-hydroxylation sites is 1. The Morgan fingerprint density at radius 2 is 1.65 bits per heavy atom. The highest BCUT2D eigenvalue weighted by Gasteiger charge is 2.16. The van der Waals surface area contributed by atoms with Gasteiger partial charge in [-0.3, -0.25) is 4.72 Å². The van der Waals surface area contributed by atoms with Crippen LogP contribution in [-0.4, -0.2) is 8.42 Å². The molecule has 0 radical (unpaired) electrons. The molecule has 0 atom stereocenters. The van der Waals surface area contributed by atoms with Gasteiger partial charge in [0, 0.05) is 0 Å². The van der Waals surface area contributed by atoms with Crippen LogP contribution in [0.2, 0.25) is 0 Å². The van der Waals surface area contributed by atoms with Gasteiger partial charge in [-0.15, -0.1) is 0 Å². The number of nitrogens with zero attached hydrogens (tertiary/aromatic N) is 1. The summed E-state index contributed by atoms with van der Waals surface area (Å²) in [6, 6.07) is 13.4. The topological polar surface area (TPSA) is 70.0 Å². The third kappa shape index (κ3) is 2.81. The van der Waals surface area contributed by atoms with Crippen LogP contribution >= 0.6 is 0 Å². The highest BCUT2D eigenvalue weighted by Crippen LogP contribution is 2.23. The number of aryl methyl sites for hydroxylation is 2. The average molecular weight is 286 g/mol. The Morgan fingerprint density at radius 3 is 2.25 bits per heavy atom. The molecule has 0 aliphatic heterocycles. The van der Waals surface area contributed by atoms with Gasteiger partial charge in [-0.1, -0.05) is 24.3 Å². The molecule has 2 rings (SSSR count). The van der Waals surface area contributed by atoms with Crippen LogP contribution < -0.4 is 4.72 Å². The Hall–Kier alpha value is -2.32. The average Bonchev–Trinajstić information content (AvgIpc) is 2.43. The minimum Gasteiger partial charge on any atom is -0.279 e. The van der Waals surface area contributed by atoms with E-state index in [1.807, 2.05) is 38.1 Å². The summed E-state index contributed by atoms with van der Waals surface area (Å²) in [6.45, 7) is 3.69. The van der Waals surface area contributed by atoms with Crippen LogP contribution in [0.5, 0.6) is 0 Å². The highest BCUT2D eigenvalue weighted by molar-refractivity contribution is 7.92. The molecule has 0 fully saturated rings. The summed E-state index contributed by atoms with van der Waals surface area (Å²) in [5.74, 6) is 0. The molecule has 0 saturated carbocycles. The fourth-order valence-electron chi connectivity index (χ4n) is 1.90. The molecule has 0 amide bonds. The van der Waals surface area contributed by atoms with Crippen LogP contribution in [0.15, 0.2) is 47.4 Å². The normalized spacial score (nSPS) is 10.8. The predicted molar refractivity (Wildman–Crippen MR) is 77.9 cm³/mol. The Balaban J connectivity index is 2.44. The molecule has 0 bridgehead atoms. The van der Waals surface area contributed by atoms with E-state index in [-0.39, 0.29) is 4.90 Å². The second-order valence-corrected chi connectivity index (χ2v) is 6.19. The van der Waals surface area contributed by atoms with Crippen molar-refractivity contribution in [2.75, 3.05) is 4.72 Å². The number of anilines is 1. The van der Waals surface area contributed by atoms with Gasteiger partial charge < -0.3 is 0 Å². The van der Waals surface area contributed by atoms with E-state index in [1.54, 1.807) is 12.1 Å². The minimum absolute atomic E-state index is 0.0826. The molecular weight excluding hydrogens is 272 g/mol. The minimum atomic E-state index is -3.69. The van der Waals surface area contributed by atoms with E-state index in [1.165, 1.54) is 12.1 Å². The molecule has 4 nitrogen and oxygen atoms in total. The molecule has 0 aliphatic rings. The van der Waals surface area contributed by atoms with E-state index in [4.69, 9.17) is 5.26 Å². The van der Waals surface area contributed by atoms with Gasteiger partial charge in [-0.25, -0.2) is 8.42 Å². The maximum atomic E-state index is 12.4. The molecule has 2 aromatic carbocycles. The van der Waals surface area contributed by atoms with Crippen LogP contribution in [-0.2, 0) is 10.0 Å². The van der Waals surface area contributed by atoms with Gasteiger partial charge in [0.2, 0.25) is 0 Å². The van der Waals surface area contributed by atoms with Gasteiger partial charge in [0.1, 0.15) is 0 Å². The molecule has 0 aliphatic carbocycles. The first-order valence-electron chi connectivity index (χ1n) is 6.03. The fraction of sp³-hybridized carbons (Fsp3) is 0.133. The molecule has 102 valence electrons. The number of rotatable bonds is 3. The Morgan fingerprint density at radius 1 is 1.05 bits per heavy atom. The molecule has 1 N–H and O–H groups in total. The lowest BCUT2D eigenvalue weighted by Crippen LogP contribution is -2.14. The lowest BCUT2D eigenvalue weighted by molar-refractivity contribution is 0.601. The van der Waals surface area contributed by atoms with E-state index in [0.717, 1.165) is 11.1 Å². The lowest BCUT2D eigenvalue weighted by Gasteiger charge is -2.13. The molecule has 0 aromatic heterocycles. The number of benzene rings is 2. The standard InChI is InChI=1S/C15H14N2O2S/c1-11-5-3-6-12(2)15(11)17-20(18,19)14-8-4-7-13(9-14)10-16/h3-9,17H,1-2H3. The molecule has 0 spiro atoms. The summed E-state index contributed by atoms with van der Waals surface area (Å²) >= 11 is 0. The molecule has 2 aromatic rings. The summed E-state index contributed by atoms with van der Waals surface area (Å²) in [5.41, 5.74) is 2.60. The Labute approximate surface area is 118 Å². The van der Waals surface area contributed by atoms with Gasteiger partial charge >= 0.3 is 0 Å². The summed E-state index contributed by atoms with van der Waals surface area (Å²) in [4.78, 5) is 0.0826. The zero-order chi connectivity index (χ0) is 14.8. The van der Waals surface area contributed by atoms with E-state index in [2.05, 4.69) is 4.72 Å². The zero-order valence-corrected chi connectivity index (χ0v) is 12.0. The van der Waals surface area contributed by atoms with Crippen molar-refractivity contribution in [1.29, 1.82) is 5.26 Å². The predicted octanol–water partition coefficient (Wildman–Crippen LogP) is 2.98. The second-order valence-electron chi connectivity index (χ2n) is 4.51. The molecular formula is C15H14N2O2S. The van der Waals surface area contributed by atoms with E-state index >= 15 is 0 Å². The molecule has 20 heavy (non-hydrogen) atoms. The Bertz CT molecular complexity index is 770.